The highest BCUT2D eigenvalue weighted by Gasteiger charge is 2.21. The normalized spacial score (nSPS) is 15.2. The van der Waals surface area contributed by atoms with Crippen molar-refractivity contribution in [3.63, 3.8) is 0 Å². The molecule has 1 saturated heterocycles. The van der Waals surface area contributed by atoms with Crippen molar-refractivity contribution in [3.05, 3.63) is 29.2 Å². The van der Waals surface area contributed by atoms with Gasteiger partial charge in [-0.2, -0.15) is 0 Å². The highest BCUT2D eigenvalue weighted by Crippen LogP contribution is 2.27. The largest absolute Gasteiger partial charge is 0.338 e. The Morgan fingerprint density at radius 3 is 2.71 bits per heavy atom. The van der Waals surface area contributed by atoms with Crippen molar-refractivity contribution in [1.82, 2.24) is 19.9 Å². The van der Waals surface area contributed by atoms with E-state index < -0.39 is 0 Å². The lowest BCUT2D eigenvalue weighted by Gasteiger charge is -2.25. The Kier molecular flexibility index (Phi) is 4.24. The molecule has 110 valence electrons. The van der Waals surface area contributed by atoms with Crippen LogP contribution in [-0.4, -0.2) is 38.8 Å². The van der Waals surface area contributed by atoms with E-state index in [0.29, 0.717) is 4.88 Å². The van der Waals surface area contributed by atoms with Gasteiger partial charge in [0.05, 0.1) is 11.9 Å². The number of amides is 1. The van der Waals surface area contributed by atoms with Crippen molar-refractivity contribution >= 4 is 17.2 Å². The smallest absolute Gasteiger partial charge is 0.265 e. The minimum absolute atomic E-state index is 0.0976. The molecule has 1 amide bonds. The minimum atomic E-state index is 0.0976. The summed E-state index contributed by atoms with van der Waals surface area (Å²) < 4.78 is 0. The second-order valence-corrected chi connectivity index (χ2v) is 6.12. The lowest BCUT2D eigenvalue weighted by Crippen LogP contribution is -2.35. The first-order chi connectivity index (χ1) is 10.3. The van der Waals surface area contributed by atoms with Crippen LogP contribution >= 0.6 is 11.3 Å². The van der Waals surface area contributed by atoms with Crippen LogP contribution in [0.4, 0.5) is 0 Å². The number of hydrogen-bond acceptors (Lipinski definition) is 5. The van der Waals surface area contributed by atoms with E-state index in [1.165, 1.54) is 17.8 Å². The third-order valence-electron chi connectivity index (χ3n) is 3.67. The molecule has 2 aromatic heterocycles. The third kappa shape index (κ3) is 2.95. The van der Waals surface area contributed by atoms with Gasteiger partial charge in [0.25, 0.3) is 5.91 Å². The molecule has 3 rings (SSSR count). The highest BCUT2D eigenvalue weighted by molar-refractivity contribution is 7.16. The maximum atomic E-state index is 12.5. The first kappa shape index (κ1) is 14.1. The van der Waals surface area contributed by atoms with Gasteiger partial charge in [0.2, 0.25) is 0 Å². The Labute approximate surface area is 128 Å². The molecule has 0 aliphatic carbocycles. The Morgan fingerprint density at radius 1 is 1.19 bits per heavy atom. The summed E-state index contributed by atoms with van der Waals surface area (Å²) in [5, 5.41) is 0.778. The van der Waals surface area contributed by atoms with Crippen LogP contribution in [0.3, 0.4) is 0 Å². The molecule has 6 heteroatoms. The summed E-state index contributed by atoms with van der Waals surface area (Å²) in [6.45, 7) is 3.76. The SMILES string of the molecule is CCc1nccnc1-c1ncc(C(=O)N2CCCCC2)s1. The first-order valence-electron chi connectivity index (χ1n) is 7.35. The van der Waals surface area contributed by atoms with Crippen molar-refractivity contribution in [3.8, 4) is 10.7 Å². The zero-order valence-electron chi connectivity index (χ0n) is 12.1. The quantitative estimate of drug-likeness (QED) is 0.874. The molecular weight excluding hydrogens is 284 g/mol. The van der Waals surface area contributed by atoms with Gasteiger partial charge in [-0.15, -0.1) is 11.3 Å². The standard InChI is InChI=1S/C15H18N4OS/c1-2-11-13(17-7-6-16-11)14-18-10-12(21-14)15(20)19-8-4-3-5-9-19/h6-7,10H,2-5,8-9H2,1H3. The number of aromatic nitrogens is 3. The molecule has 0 N–H and O–H groups in total. The molecule has 0 radical (unpaired) electrons. The molecule has 1 aliphatic rings. The lowest BCUT2D eigenvalue weighted by atomic mass is 10.1. The van der Waals surface area contributed by atoms with Crippen LogP contribution < -0.4 is 0 Å². The average molecular weight is 302 g/mol. The van der Waals surface area contributed by atoms with E-state index in [1.54, 1.807) is 18.6 Å². The molecule has 21 heavy (non-hydrogen) atoms. The van der Waals surface area contributed by atoms with Crippen LogP contribution in [0.5, 0.6) is 0 Å². The molecule has 1 fully saturated rings. The Morgan fingerprint density at radius 2 is 1.95 bits per heavy atom. The van der Waals surface area contributed by atoms with E-state index in [-0.39, 0.29) is 5.91 Å². The molecule has 5 nitrogen and oxygen atoms in total. The van der Waals surface area contributed by atoms with E-state index >= 15 is 0 Å². The minimum Gasteiger partial charge on any atom is -0.338 e. The molecular formula is C15H18N4OS. The van der Waals surface area contributed by atoms with Crippen LogP contribution in [0.2, 0.25) is 0 Å². The molecule has 0 saturated carbocycles. The monoisotopic (exact) mass is 302 g/mol. The summed E-state index contributed by atoms with van der Waals surface area (Å²) in [6.07, 6.45) is 9.25. The summed E-state index contributed by atoms with van der Waals surface area (Å²) in [6, 6.07) is 0. The van der Waals surface area contributed by atoms with Gasteiger partial charge < -0.3 is 4.90 Å². The number of rotatable bonds is 3. The summed E-state index contributed by atoms with van der Waals surface area (Å²) in [5.41, 5.74) is 1.71. The number of hydrogen-bond donors (Lipinski definition) is 0. The Bertz CT molecular complexity index is 634. The van der Waals surface area contributed by atoms with Crippen molar-refractivity contribution in [2.45, 2.75) is 32.6 Å². The van der Waals surface area contributed by atoms with Crippen LogP contribution in [0.25, 0.3) is 10.7 Å². The second-order valence-electron chi connectivity index (χ2n) is 5.09. The van der Waals surface area contributed by atoms with Crippen LogP contribution in [0.1, 0.15) is 41.6 Å². The number of thiazole rings is 1. The fourth-order valence-electron chi connectivity index (χ4n) is 2.54. The lowest BCUT2D eigenvalue weighted by molar-refractivity contribution is 0.0729. The van der Waals surface area contributed by atoms with Gasteiger partial charge in [-0.1, -0.05) is 6.92 Å². The van der Waals surface area contributed by atoms with Crippen molar-refractivity contribution in [2.24, 2.45) is 0 Å². The number of aryl methyl sites for hydroxylation is 1. The van der Waals surface area contributed by atoms with Gasteiger partial charge in [-0.25, -0.2) is 4.98 Å². The molecule has 3 heterocycles. The zero-order valence-corrected chi connectivity index (χ0v) is 12.9. The maximum Gasteiger partial charge on any atom is 0.265 e. The first-order valence-corrected chi connectivity index (χ1v) is 8.16. The summed E-state index contributed by atoms with van der Waals surface area (Å²) in [4.78, 5) is 28.2. The Balaban J connectivity index is 1.84. The molecule has 1 aliphatic heterocycles. The van der Waals surface area contributed by atoms with E-state index in [1.807, 2.05) is 11.8 Å². The molecule has 0 aromatic carbocycles. The molecule has 0 spiro atoms. The van der Waals surface area contributed by atoms with Gasteiger partial charge in [0, 0.05) is 25.5 Å². The van der Waals surface area contributed by atoms with E-state index in [0.717, 1.165) is 48.7 Å². The number of carbonyl (C=O) groups is 1. The van der Waals surface area contributed by atoms with Crippen molar-refractivity contribution in [1.29, 1.82) is 0 Å². The van der Waals surface area contributed by atoms with Gasteiger partial charge in [-0.3, -0.25) is 14.8 Å². The molecule has 0 bridgehead atoms. The van der Waals surface area contributed by atoms with Gasteiger partial charge in [0.1, 0.15) is 15.6 Å². The van der Waals surface area contributed by atoms with Gasteiger partial charge >= 0.3 is 0 Å². The zero-order chi connectivity index (χ0) is 14.7. The van der Waals surface area contributed by atoms with Crippen LogP contribution in [0.15, 0.2) is 18.6 Å². The van der Waals surface area contributed by atoms with E-state index in [4.69, 9.17) is 0 Å². The topological polar surface area (TPSA) is 59.0 Å². The summed E-state index contributed by atoms with van der Waals surface area (Å²) in [5.74, 6) is 0.0976. The predicted octanol–water partition coefficient (Wildman–Crippen LogP) is 2.79. The number of piperidine rings is 1. The third-order valence-corrected chi connectivity index (χ3v) is 4.66. The van der Waals surface area contributed by atoms with E-state index in [9.17, 15) is 4.79 Å². The van der Waals surface area contributed by atoms with Crippen LogP contribution in [-0.2, 0) is 6.42 Å². The molecule has 2 aromatic rings. The Hall–Kier alpha value is -1.82. The fourth-order valence-corrected chi connectivity index (χ4v) is 3.44. The van der Waals surface area contributed by atoms with Crippen molar-refractivity contribution < 1.29 is 4.79 Å². The maximum absolute atomic E-state index is 12.5. The summed E-state index contributed by atoms with van der Waals surface area (Å²) in [7, 11) is 0. The molecule has 0 unspecified atom stereocenters. The number of nitrogens with zero attached hydrogens (tertiary/aromatic N) is 4. The predicted molar refractivity (Wildman–Crippen MR) is 82.3 cm³/mol. The van der Waals surface area contributed by atoms with Gasteiger partial charge in [-0.05, 0) is 25.7 Å². The fraction of sp³-hybridized carbons (Fsp3) is 0.467. The van der Waals surface area contributed by atoms with Crippen molar-refractivity contribution in [2.75, 3.05) is 13.1 Å². The van der Waals surface area contributed by atoms with Gasteiger partial charge in [0.15, 0.2) is 0 Å². The number of carbonyl (C=O) groups excluding carboxylic acids is 1. The average Bonchev–Trinajstić information content (AvgIpc) is 3.04. The summed E-state index contributed by atoms with van der Waals surface area (Å²) >= 11 is 1.41. The molecule has 0 atom stereocenters. The number of likely N-dealkylation sites (tertiary alicyclic amines) is 1. The van der Waals surface area contributed by atoms with E-state index in [2.05, 4.69) is 15.0 Å². The highest BCUT2D eigenvalue weighted by atomic mass is 32.1. The van der Waals surface area contributed by atoms with Crippen LogP contribution in [0, 0.1) is 0 Å². The second kappa shape index (κ2) is 6.30.